The number of carbonyl (C=O) groups excluding carboxylic acids is 1. The van der Waals surface area contributed by atoms with Crippen LogP contribution in [0.3, 0.4) is 0 Å². The molecule has 2 rings (SSSR count). The van der Waals surface area contributed by atoms with Gasteiger partial charge in [0.1, 0.15) is 11.5 Å². The van der Waals surface area contributed by atoms with Gasteiger partial charge in [-0.1, -0.05) is 6.07 Å². The van der Waals surface area contributed by atoms with Gasteiger partial charge >= 0.3 is 5.97 Å². The summed E-state index contributed by atoms with van der Waals surface area (Å²) in [6, 6.07) is 2.39. The molecule has 106 valence electrons. The van der Waals surface area contributed by atoms with Gasteiger partial charge in [0, 0.05) is 10.4 Å². The molecule has 0 aromatic carbocycles. The minimum Gasteiger partial charge on any atom is -0.479 e. The third kappa shape index (κ3) is 2.60. The van der Waals surface area contributed by atoms with Crippen molar-refractivity contribution in [1.29, 1.82) is 0 Å². The van der Waals surface area contributed by atoms with Crippen molar-refractivity contribution < 1.29 is 19.1 Å². The lowest BCUT2D eigenvalue weighted by atomic mass is 10.1. The number of hydrogen-bond donors (Lipinski definition) is 2. The van der Waals surface area contributed by atoms with Crippen LogP contribution in [-0.4, -0.2) is 17.0 Å². The fourth-order valence-electron chi connectivity index (χ4n) is 2.04. The zero-order valence-corrected chi connectivity index (χ0v) is 12.2. The summed E-state index contributed by atoms with van der Waals surface area (Å²) in [5.41, 5.74) is 1.14. The molecule has 2 aromatic heterocycles. The Morgan fingerprint density at radius 1 is 1.30 bits per heavy atom. The molecule has 1 atom stereocenters. The normalized spacial score (nSPS) is 12.2. The zero-order valence-electron chi connectivity index (χ0n) is 11.4. The lowest BCUT2D eigenvalue weighted by molar-refractivity contribution is -0.139. The van der Waals surface area contributed by atoms with Crippen LogP contribution < -0.4 is 5.32 Å². The van der Waals surface area contributed by atoms with Gasteiger partial charge in [0.2, 0.25) is 0 Å². The number of amides is 1. The summed E-state index contributed by atoms with van der Waals surface area (Å²) >= 11 is 1.29. The van der Waals surface area contributed by atoms with E-state index < -0.39 is 17.9 Å². The molecular weight excluding hydrogens is 278 g/mol. The molecule has 1 amide bonds. The molecule has 0 saturated heterocycles. The van der Waals surface area contributed by atoms with Gasteiger partial charge in [0.05, 0.1) is 5.56 Å². The molecule has 0 bridgehead atoms. The summed E-state index contributed by atoms with van der Waals surface area (Å²) in [6.07, 6.45) is 0. The minimum absolute atomic E-state index is 0.408. The molecule has 5 nitrogen and oxygen atoms in total. The van der Waals surface area contributed by atoms with Crippen molar-refractivity contribution >= 4 is 23.2 Å². The SMILES string of the molecule is Cc1oc(C)c(C(=O)NC(C(=O)O)c2cccs2)c1C. The lowest BCUT2D eigenvalue weighted by Gasteiger charge is -2.13. The number of aryl methyl sites for hydroxylation is 2. The number of carboxylic acid groups (broad SMARTS) is 1. The van der Waals surface area contributed by atoms with E-state index in [9.17, 15) is 14.7 Å². The van der Waals surface area contributed by atoms with Gasteiger partial charge in [-0.2, -0.15) is 0 Å². The Morgan fingerprint density at radius 3 is 2.45 bits per heavy atom. The first-order valence-corrected chi connectivity index (χ1v) is 6.93. The third-order valence-electron chi connectivity index (χ3n) is 3.14. The third-order valence-corrected chi connectivity index (χ3v) is 4.08. The second-order valence-corrected chi connectivity index (χ2v) is 5.45. The number of nitrogens with one attached hydrogen (secondary N) is 1. The highest BCUT2D eigenvalue weighted by atomic mass is 32.1. The first-order valence-electron chi connectivity index (χ1n) is 6.05. The van der Waals surface area contributed by atoms with Gasteiger partial charge in [-0.15, -0.1) is 11.3 Å². The van der Waals surface area contributed by atoms with Crippen LogP contribution >= 0.6 is 11.3 Å². The lowest BCUT2D eigenvalue weighted by Crippen LogP contribution is -2.33. The Kier molecular flexibility index (Phi) is 3.94. The van der Waals surface area contributed by atoms with E-state index in [1.165, 1.54) is 11.3 Å². The van der Waals surface area contributed by atoms with Crippen molar-refractivity contribution in [3.8, 4) is 0 Å². The van der Waals surface area contributed by atoms with Crippen LogP contribution in [0.5, 0.6) is 0 Å². The standard InChI is InChI=1S/C14H15NO4S/c1-7-8(2)19-9(3)11(7)13(16)15-12(14(17)18)10-5-4-6-20-10/h4-6,12H,1-3H3,(H,15,16)(H,17,18). The van der Waals surface area contributed by atoms with E-state index in [-0.39, 0.29) is 0 Å². The summed E-state index contributed by atoms with van der Waals surface area (Å²) in [4.78, 5) is 24.2. The first-order chi connectivity index (χ1) is 9.41. The zero-order chi connectivity index (χ0) is 14.9. The molecule has 20 heavy (non-hydrogen) atoms. The summed E-state index contributed by atoms with van der Waals surface area (Å²) in [5, 5.41) is 13.6. The van der Waals surface area contributed by atoms with E-state index in [2.05, 4.69) is 5.32 Å². The van der Waals surface area contributed by atoms with E-state index in [4.69, 9.17) is 4.42 Å². The van der Waals surface area contributed by atoms with E-state index in [1.807, 2.05) is 0 Å². The fraction of sp³-hybridized carbons (Fsp3) is 0.286. The molecular formula is C14H15NO4S. The van der Waals surface area contributed by atoms with Crippen molar-refractivity contribution in [3.63, 3.8) is 0 Å². The van der Waals surface area contributed by atoms with E-state index in [1.54, 1.807) is 38.3 Å². The van der Waals surface area contributed by atoms with E-state index in [0.717, 1.165) is 5.56 Å². The first kappa shape index (κ1) is 14.3. The van der Waals surface area contributed by atoms with Gasteiger partial charge in [-0.25, -0.2) is 4.79 Å². The van der Waals surface area contributed by atoms with Gasteiger partial charge in [-0.3, -0.25) is 4.79 Å². The maximum absolute atomic E-state index is 12.3. The summed E-state index contributed by atoms with van der Waals surface area (Å²) in [6.45, 7) is 5.24. The predicted molar refractivity (Wildman–Crippen MR) is 75.1 cm³/mol. The molecule has 0 radical (unpaired) electrons. The van der Waals surface area contributed by atoms with Crippen LogP contribution in [0.1, 0.15) is 38.4 Å². The Hall–Kier alpha value is -2.08. The molecule has 0 aliphatic carbocycles. The van der Waals surface area contributed by atoms with Gasteiger partial charge in [0.25, 0.3) is 5.91 Å². The number of carboxylic acids is 1. The van der Waals surface area contributed by atoms with Gasteiger partial charge in [0.15, 0.2) is 6.04 Å². The average Bonchev–Trinajstić information content (AvgIpc) is 2.96. The number of furan rings is 1. The topological polar surface area (TPSA) is 79.5 Å². The van der Waals surface area contributed by atoms with E-state index in [0.29, 0.717) is 22.0 Å². The second kappa shape index (κ2) is 5.50. The highest BCUT2D eigenvalue weighted by Gasteiger charge is 2.26. The molecule has 6 heteroatoms. The molecule has 2 aromatic rings. The monoisotopic (exact) mass is 293 g/mol. The van der Waals surface area contributed by atoms with Gasteiger partial charge < -0.3 is 14.8 Å². The molecule has 0 saturated carbocycles. The van der Waals surface area contributed by atoms with Crippen LogP contribution in [0.2, 0.25) is 0 Å². The maximum atomic E-state index is 12.3. The summed E-state index contributed by atoms with van der Waals surface area (Å²) < 4.78 is 5.39. The molecule has 2 heterocycles. The fourth-order valence-corrected chi connectivity index (χ4v) is 2.81. The molecule has 0 fully saturated rings. The summed E-state index contributed by atoms with van der Waals surface area (Å²) in [7, 11) is 0. The maximum Gasteiger partial charge on any atom is 0.331 e. The molecule has 0 spiro atoms. The van der Waals surface area contributed by atoms with Crippen molar-refractivity contribution in [2.45, 2.75) is 26.8 Å². The second-order valence-electron chi connectivity index (χ2n) is 4.47. The Balaban J connectivity index is 2.28. The molecule has 0 aliphatic heterocycles. The average molecular weight is 293 g/mol. The van der Waals surface area contributed by atoms with Crippen LogP contribution in [0, 0.1) is 20.8 Å². The highest BCUT2D eigenvalue weighted by molar-refractivity contribution is 7.10. The molecule has 1 unspecified atom stereocenters. The van der Waals surface area contributed by atoms with Crippen LogP contribution in [-0.2, 0) is 4.79 Å². The van der Waals surface area contributed by atoms with Crippen molar-refractivity contribution in [2.75, 3.05) is 0 Å². The van der Waals surface area contributed by atoms with Crippen LogP contribution in [0.15, 0.2) is 21.9 Å². The number of carbonyl (C=O) groups is 2. The highest BCUT2D eigenvalue weighted by Crippen LogP contribution is 2.23. The van der Waals surface area contributed by atoms with Crippen molar-refractivity contribution in [1.82, 2.24) is 5.32 Å². The van der Waals surface area contributed by atoms with Crippen LogP contribution in [0.25, 0.3) is 0 Å². The van der Waals surface area contributed by atoms with Crippen molar-refractivity contribution in [2.24, 2.45) is 0 Å². The number of aliphatic carboxylic acids is 1. The molecule has 2 N–H and O–H groups in total. The van der Waals surface area contributed by atoms with E-state index >= 15 is 0 Å². The van der Waals surface area contributed by atoms with Gasteiger partial charge in [-0.05, 0) is 32.2 Å². The number of hydrogen-bond acceptors (Lipinski definition) is 4. The van der Waals surface area contributed by atoms with Crippen molar-refractivity contribution in [3.05, 3.63) is 45.0 Å². The largest absolute Gasteiger partial charge is 0.479 e. The minimum atomic E-state index is -1.09. The Bertz CT molecular complexity index is 642. The quantitative estimate of drug-likeness (QED) is 0.908. The predicted octanol–water partition coefficient (Wildman–Crippen LogP) is 2.82. The number of thiophene rings is 1. The Morgan fingerprint density at radius 2 is 2.00 bits per heavy atom. The van der Waals surface area contributed by atoms with Crippen LogP contribution in [0.4, 0.5) is 0 Å². The number of rotatable bonds is 4. The molecule has 0 aliphatic rings. The smallest absolute Gasteiger partial charge is 0.331 e. The summed E-state index contributed by atoms with van der Waals surface area (Å²) in [5.74, 6) is -0.363. The Labute approximate surface area is 120 Å².